The van der Waals surface area contributed by atoms with Crippen molar-refractivity contribution in [3.63, 3.8) is 0 Å². The van der Waals surface area contributed by atoms with E-state index >= 15 is 0 Å². The van der Waals surface area contributed by atoms with Gasteiger partial charge in [-0.15, -0.1) is 0 Å². The molecule has 0 radical (unpaired) electrons. The van der Waals surface area contributed by atoms with Crippen molar-refractivity contribution >= 4 is 0 Å². The van der Waals surface area contributed by atoms with E-state index in [9.17, 15) is 0 Å². The second-order valence-electron chi connectivity index (χ2n) is 3.74. The number of rotatable bonds is 0. The zero-order valence-electron chi connectivity index (χ0n) is 6.56. The predicted octanol–water partition coefficient (Wildman–Crippen LogP) is 1.56. The van der Waals surface area contributed by atoms with Crippen molar-refractivity contribution in [1.82, 2.24) is 5.32 Å². The highest BCUT2D eigenvalue weighted by atomic mass is 14.9. The predicted molar refractivity (Wildman–Crippen MR) is 42.8 cm³/mol. The fourth-order valence-corrected chi connectivity index (χ4v) is 2.24. The molecule has 0 aromatic carbocycles. The fourth-order valence-electron chi connectivity index (χ4n) is 2.24. The van der Waals surface area contributed by atoms with Gasteiger partial charge in [0, 0.05) is 6.54 Å². The lowest BCUT2D eigenvalue weighted by Gasteiger charge is -2.31. The van der Waals surface area contributed by atoms with Crippen molar-refractivity contribution < 1.29 is 0 Å². The zero-order chi connectivity index (χ0) is 6.97. The molecule has 1 heteroatoms. The Morgan fingerprint density at radius 1 is 1.60 bits per heavy atom. The first-order valence-electron chi connectivity index (χ1n) is 4.25. The normalized spacial score (nSPS) is 39.1. The minimum atomic E-state index is 0.843. The van der Waals surface area contributed by atoms with Gasteiger partial charge < -0.3 is 5.32 Å². The van der Waals surface area contributed by atoms with Gasteiger partial charge in [0.1, 0.15) is 0 Å². The van der Waals surface area contributed by atoms with Crippen molar-refractivity contribution in [2.45, 2.75) is 19.8 Å². The summed E-state index contributed by atoms with van der Waals surface area (Å²) in [5, 5.41) is 3.44. The summed E-state index contributed by atoms with van der Waals surface area (Å²) in [5.74, 6) is 1.79. The number of allylic oxidation sites excluding steroid dienone is 1. The van der Waals surface area contributed by atoms with Crippen LogP contribution in [0.5, 0.6) is 0 Å². The Hall–Kier alpha value is -0.300. The molecule has 2 rings (SSSR count). The minimum Gasteiger partial charge on any atom is -0.313 e. The molecule has 2 unspecified atom stereocenters. The van der Waals surface area contributed by atoms with Crippen LogP contribution in [0.15, 0.2) is 11.6 Å². The Balaban J connectivity index is 2.15. The quantitative estimate of drug-likeness (QED) is 0.500. The van der Waals surface area contributed by atoms with Crippen LogP contribution in [0.3, 0.4) is 0 Å². The molecule has 10 heavy (non-hydrogen) atoms. The second kappa shape index (κ2) is 2.39. The van der Waals surface area contributed by atoms with Gasteiger partial charge in [0.05, 0.1) is 0 Å². The lowest BCUT2D eigenvalue weighted by Crippen LogP contribution is -2.34. The average molecular weight is 137 g/mol. The SMILES string of the molecule is CC1C=C2CNCC(C2)C1. The van der Waals surface area contributed by atoms with Gasteiger partial charge in [-0.3, -0.25) is 0 Å². The molecule has 1 aliphatic carbocycles. The van der Waals surface area contributed by atoms with Gasteiger partial charge in [-0.2, -0.15) is 0 Å². The van der Waals surface area contributed by atoms with E-state index in [2.05, 4.69) is 18.3 Å². The Labute approximate surface area is 62.5 Å². The Kier molecular flexibility index (Phi) is 1.53. The van der Waals surface area contributed by atoms with E-state index in [1.54, 1.807) is 5.57 Å². The number of piperidine rings is 1. The Morgan fingerprint density at radius 2 is 2.50 bits per heavy atom. The summed E-state index contributed by atoms with van der Waals surface area (Å²) in [5.41, 5.74) is 1.65. The maximum atomic E-state index is 3.44. The van der Waals surface area contributed by atoms with Crippen LogP contribution in [0, 0.1) is 11.8 Å². The standard InChI is InChI=1S/C9H15N/c1-7-2-8-4-9(3-7)6-10-5-8/h2,7,9-10H,3-6H2,1H3. The molecule has 0 saturated carbocycles. The summed E-state index contributed by atoms with van der Waals surface area (Å²) in [6, 6.07) is 0. The maximum absolute atomic E-state index is 3.44. The van der Waals surface area contributed by atoms with E-state index in [0.717, 1.165) is 18.4 Å². The molecule has 2 aliphatic rings. The van der Waals surface area contributed by atoms with Gasteiger partial charge in [-0.1, -0.05) is 18.6 Å². The average Bonchev–Trinajstić information content (AvgIpc) is 1.85. The molecule has 0 aromatic heterocycles. The summed E-state index contributed by atoms with van der Waals surface area (Å²) in [6.07, 6.45) is 5.22. The first-order valence-corrected chi connectivity index (χ1v) is 4.25. The second-order valence-corrected chi connectivity index (χ2v) is 3.74. The minimum absolute atomic E-state index is 0.843. The van der Waals surface area contributed by atoms with Crippen LogP contribution >= 0.6 is 0 Å². The monoisotopic (exact) mass is 137 g/mol. The Bertz CT molecular complexity index is 160. The van der Waals surface area contributed by atoms with Crippen LogP contribution in [0.2, 0.25) is 0 Å². The fraction of sp³-hybridized carbons (Fsp3) is 0.778. The molecule has 1 saturated heterocycles. The van der Waals surface area contributed by atoms with Crippen LogP contribution < -0.4 is 5.32 Å². The molecule has 0 aromatic rings. The van der Waals surface area contributed by atoms with E-state index in [1.807, 2.05) is 0 Å². The third kappa shape index (κ3) is 1.10. The lowest BCUT2D eigenvalue weighted by molar-refractivity contribution is 0.351. The van der Waals surface area contributed by atoms with E-state index in [-0.39, 0.29) is 0 Å². The van der Waals surface area contributed by atoms with Gasteiger partial charge >= 0.3 is 0 Å². The molecular weight excluding hydrogens is 122 g/mol. The van der Waals surface area contributed by atoms with Gasteiger partial charge in [-0.25, -0.2) is 0 Å². The van der Waals surface area contributed by atoms with E-state index in [4.69, 9.17) is 0 Å². The smallest absolute Gasteiger partial charge is 0.0164 e. The summed E-state index contributed by atoms with van der Waals surface area (Å²) >= 11 is 0. The van der Waals surface area contributed by atoms with Crippen molar-refractivity contribution in [3.8, 4) is 0 Å². The van der Waals surface area contributed by atoms with Crippen molar-refractivity contribution in [2.75, 3.05) is 13.1 Å². The van der Waals surface area contributed by atoms with Crippen molar-refractivity contribution in [2.24, 2.45) is 11.8 Å². The van der Waals surface area contributed by atoms with Gasteiger partial charge in [0.25, 0.3) is 0 Å². The third-order valence-electron chi connectivity index (χ3n) is 2.56. The topological polar surface area (TPSA) is 12.0 Å². The molecule has 1 N–H and O–H groups in total. The first-order chi connectivity index (χ1) is 4.84. The molecule has 0 amide bonds. The maximum Gasteiger partial charge on any atom is 0.0164 e. The molecule has 2 bridgehead atoms. The van der Waals surface area contributed by atoms with Gasteiger partial charge in [0.2, 0.25) is 0 Å². The van der Waals surface area contributed by atoms with E-state index in [1.165, 1.54) is 19.4 Å². The van der Waals surface area contributed by atoms with Gasteiger partial charge in [-0.05, 0) is 31.2 Å². The van der Waals surface area contributed by atoms with Crippen LogP contribution in [0.1, 0.15) is 19.8 Å². The molecular formula is C9H15N. The highest BCUT2D eigenvalue weighted by Gasteiger charge is 2.22. The summed E-state index contributed by atoms with van der Waals surface area (Å²) < 4.78 is 0. The van der Waals surface area contributed by atoms with Crippen LogP contribution in [-0.4, -0.2) is 13.1 Å². The molecule has 1 nitrogen and oxygen atoms in total. The summed E-state index contributed by atoms with van der Waals surface area (Å²) in [7, 11) is 0. The molecule has 1 heterocycles. The number of hydrogen-bond donors (Lipinski definition) is 1. The largest absolute Gasteiger partial charge is 0.313 e. The van der Waals surface area contributed by atoms with E-state index < -0.39 is 0 Å². The summed E-state index contributed by atoms with van der Waals surface area (Å²) in [4.78, 5) is 0. The number of nitrogens with one attached hydrogen (secondary N) is 1. The lowest BCUT2D eigenvalue weighted by atomic mass is 9.81. The highest BCUT2D eigenvalue weighted by Crippen LogP contribution is 2.29. The summed E-state index contributed by atoms with van der Waals surface area (Å²) in [6.45, 7) is 4.74. The van der Waals surface area contributed by atoms with Gasteiger partial charge in [0.15, 0.2) is 0 Å². The Morgan fingerprint density at radius 3 is 3.30 bits per heavy atom. The van der Waals surface area contributed by atoms with Crippen molar-refractivity contribution in [1.29, 1.82) is 0 Å². The third-order valence-corrected chi connectivity index (χ3v) is 2.56. The molecule has 1 fully saturated rings. The first kappa shape index (κ1) is 6.41. The van der Waals surface area contributed by atoms with Crippen molar-refractivity contribution in [3.05, 3.63) is 11.6 Å². The van der Waals surface area contributed by atoms with E-state index in [0.29, 0.717) is 0 Å². The number of fused-ring (bicyclic) bond motifs is 2. The number of hydrogen-bond acceptors (Lipinski definition) is 1. The van der Waals surface area contributed by atoms with Crippen LogP contribution in [0.4, 0.5) is 0 Å². The molecule has 1 aliphatic heterocycles. The molecule has 0 spiro atoms. The zero-order valence-corrected chi connectivity index (χ0v) is 6.56. The molecule has 56 valence electrons. The van der Waals surface area contributed by atoms with Crippen LogP contribution in [0.25, 0.3) is 0 Å². The van der Waals surface area contributed by atoms with Crippen LogP contribution in [-0.2, 0) is 0 Å². The highest BCUT2D eigenvalue weighted by molar-refractivity contribution is 5.13. The molecule has 2 atom stereocenters.